The van der Waals surface area contributed by atoms with Crippen LogP contribution in [0.25, 0.3) is 10.9 Å². The maximum atomic E-state index is 13.5. The summed E-state index contributed by atoms with van der Waals surface area (Å²) in [7, 11) is 0. The van der Waals surface area contributed by atoms with Gasteiger partial charge in [0.1, 0.15) is 18.1 Å². The molecule has 1 aliphatic heterocycles. The van der Waals surface area contributed by atoms with E-state index in [9.17, 15) is 24.3 Å². The number of aliphatic carboxylic acids is 1. The molecule has 6 N–H and O–H groups in total. The SMILES string of the molecule is NCC(=O)NC(Cc1c[nH]c2ccccc12)C(=O)NC(Cc1ccccc1)C(=O)N1CCCC1C(=O)O. The predicted molar refractivity (Wildman–Crippen MR) is 137 cm³/mol. The van der Waals surface area contributed by atoms with Gasteiger partial charge in [-0.3, -0.25) is 14.4 Å². The van der Waals surface area contributed by atoms with Crippen molar-refractivity contribution in [1.29, 1.82) is 0 Å². The second kappa shape index (κ2) is 11.7. The summed E-state index contributed by atoms with van der Waals surface area (Å²) < 4.78 is 0. The van der Waals surface area contributed by atoms with Crippen molar-refractivity contribution in [3.8, 4) is 0 Å². The van der Waals surface area contributed by atoms with Gasteiger partial charge in [0.25, 0.3) is 0 Å². The van der Waals surface area contributed by atoms with Crippen LogP contribution in [-0.2, 0) is 32.0 Å². The van der Waals surface area contributed by atoms with E-state index in [1.807, 2.05) is 54.6 Å². The molecule has 1 aromatic heterocycles. The summed E-state index contributed by atoms with van der Waals surface area (Å²) in [5.74, 6) is -2.58. The summed E-state index contributed by atoms with van der Waals surface area (Å²) in [4.78, 5) is 55.5. The highest BCUT2D eigenvalue weighted by molar-refractivity contribution is 5.94. The van der Waals surface area contributed by atoms with E-state index in [2.05, 4.69) is 15.6 Å². The van der Waals surface area contributed by atoms with E-state index in [1.165, 1.54) is 4.90 Å². The Morgan fingerprint density at radius 2 is 1.73 bits per heavy atom. The largest absolute Gasteiger partial charge is 0.480 e. The Hall–Kier alpha value is -4.18. The minimum Gasteiger partial charge on any atom is -0.480 e. The maximum Gasteiger partial charge on any atom is 0.326 e. The number of carbonyl (C=O) groups is 4. The number of nitrogens with zero attached hydrogens (tertiary/aromatic N) is 1. The van der Waals surface area contributed by atoms with Crippen LogP contribution < -0.4 is 16.4 Å². The van der Waals surface area contributed by atoms with Crippen LogP contribution in [0.2, 0.25) is 0 Å². The van der Waals surface area contributed by atoms with E-state index < -0.39 is 41.8 Å². The Balaban J connectivity index is 1.59. The Morgan fingerprint density at radius 1 is 1.00 bits per heavy atom. The third-order valence-electron chi connectivity index (χ3n) is 6.65. The molecule has 10 nitrogen and oxygen atoms in total. The average molecular weight is 506 g/mol. The predicted octanol–water partition coefficient (Wildman–Crippen LogP) is 0.957. The standard InChI is InChI=1S/C27H31N5O5/c28-15-24(33)30-21(14-18-16-29-20-10-5-4-9-19(18)20)25(34)31-22(13-17-7-2-1-3-8-17)26(35)32-12-6-11-23(32)27(36)37/h1-5,7-10,16,21-23,29H,6,11-15,28H2,(H,30,33)(H,31,34)(H,36,37). The fourth-order valence-electron chi connectivity index (χ4n) is 4.79. The molecule has 10 heteroatoms. The summed E-state index contributed by atoms with van der Waals surface area (Å²) in [6.45, 7) is 0.0117. The molecule has 3 atom stereocenters. The number of benzene rings is 2. The van der Waals surface area contributed by atoms with E-state index in [0.29, 0.717) is 19.4 Å². The van der Waals surface area contributed by atoms with Crippen molar-refractivity contribution in [1.82, 2.24) is 20.5 Å². The molecule has 0 bridgehead atoms. The molecule has 0 spiro atoms. The van der Waals surface area contributed by atoms with Gasteiger partial charge in [-0.2, -0.15) is 0 Å². The molecule has 3 aromatic rings. The second-order valence-electron chi connectivity index (χ2n) is 9.17. The highest BCUT2D eigenvalue weighted by Crippen LogP contribution is 2.21. The van der Waals surface area contributed by atoms with E-state index in [-0.39, 0.29) is 19.4 Å². The molecule has 37 heavy (non-hydrogen) atoms. The van der Waals surface area contributed by atoms with E-state index in [0.717, 1.165) is 22.0 Å². The van der Waals surface area contributed by atoms with E-state index >= 15 is 0 Å². The number of para-hydroxylation sites is 1. The number of nitrogens with two attached hydrogens (primary N) is 1. The first-order chi connectivity index (χ1) is 17.9. The molecule has 0 saturated carbocycles. The number of H-pyrrole nitrogens is 1. The number of hydrogen-bond donors (Lipinski definition) is 5. The van der Waals surface area contributed by atoms with Gasteiger partial charge in [0.05, 0.1) is 6.54 Å². The minimum absolute atomic E-state index is 0.176. The lowest BCUT2D eigenvalue weighted by Gasteiger charge is -2.29. The lowest BCUT2D eigenvalue weighted by molar-refractivity contribution is -0.149. The zero-order valence-corrected chi connectivity index (χ0v) is 20.4. The summed E-state index contributed by atoms with van der Waals surface area (Å²) in [5.41, 5.74) is 8.03. The number of carboxylic acids is 1. The van der Waals surface area contributed by atoms with Crippen molar-refractivity contribution in [2.24, 2.45) is 5.73 Å². The van der Waals surface area contributed by atoms with Gasteiger partial charge >= 0.3 is 5.97 Å². The first-order valence-corrected chi connectivity index (χ1v) is 12.3. The Morgan fingerprint density at radius 3 is 2.46 bits per heavy atom. The molecule has 3 amide bonds. The molecule has 1 aliphatic rings. The number of likely N-dealkylation sites (tertiary alicyclic amines) is 1. The number of carboxylic acid groups (broad SMARTS) is 1. The minimum atomic E-state index is -1.07. The fourth-order valence-corrected chi connectivity index (χ4v) is 4.79. The van der Waals surface area contributed by atoms with Crippen LogP contribution >= 0.6 is 0 Å². The lowest BCUT2D eigenvalue weighted by Crippen LogP contribution is -2.57. The number of carbonyl (C=O) groups excluding carboxylic acids is 3. The summed E-state index contributed by atoms with van der Waals surface area (Å²) >= 11 is 0. The molecule has 0 radical (unpaired) electrons. The average Bonchev–Trinajstić information content (AvgIpc) is 3.56. The molecule has 1 saturated heterocycles. The molecule has 194 valence electrons. The fraction of sp³-hybridized carbons (Fsp3) is 0.333. The van der Waals surface area contributed by atoms with Gasteiger partial charge in [-0.25, -0.2) is 4.79 Å². The van der Waals surface area contributed by atoms with E-state index in [4.69, 9.17) is 5.73 Å². The first-order valence-electron chi connectivity index (χ1n) is 12.3. The molecule has 4 rings (SSSR count). The van der Waals surface area contributed by atoms with E-state index in [1.54, 1.807) is 6.20 Å². The highest BCUT2D eigenvalue weighted by atomic mass is 16.4. The number of fused-ring (bicyclic) bond motifs is 1. The number of rotatable bonds is 10. The maximum absolute atomic E-state index is 13.5. The zero-order chi connectivity index (χ0) is 26.4. The second-order valence-corrected chi connectivity index (χ2v) is 9.17. The van der Waals surface area contributed by atoms with Crippen LogP contribution in [0.15, 0.2) is 60.8 Å². The van der Waals surface area contributed by atoms with Gasteiger partial charge < -0.3 is 31.4 Å². The summed E-state index contributed by atoms with van der Waals surface area (Å²) in [5, 5.41) is 16.0. The van der Waals surface area contributed by atoms with Crippen molar-refractivity contribution in [3.05, 3.63) is 71.9 Å². The van der Waals surface area contributed by atoms with Crippen LogP contribution in [0, 0.1) is 0 Å². The Labute approximate surface area is 214 Å². The number of aromatic amines is 1. The lowest BCUT2D eigenvalue weighted by atomic mass is 10.0. The highest BCUT2D eigenvalue weighted by Gasteiger charge is 2.38. The van der Waals surface area contributed by atoms with Crippen LogP contribution in [0.1, 0.15) is 24.0 Å². The molecular formula is C27H31N5O5. The summed E-state index contributed by atoms with van der Waals surface area (Å²) in [6.07, 6.45) is 3.08. The molecular weight excluding hydrogens is 474 g/mol. The molecule has 2 aromatic carbocycles. The molecule has 0 aliphatic carbocycles. The normalized spacial score (nSPS) is 16.8. The number of aromatic nitrogens is 1. The van der Waals surface area contributed by atoms with Crippen LogP contribution in [0.4, 0.5) is 0 Å². The zero-order valence-electron chi connectivity index (χ0n) is 20.4. The van der Waals surface area contributed by atoms with Crippen molar-refractivity contribution >= 4 is 34.6 Å². The van der Waals surface area contributed by atoms with Crippen LogP contribution in [-0.4, -0.2) is 69.9 Å². The van der Waals surface area contributed by atoms with Crippen molar-refractivity contribution in [2.45, 2.75) is 43.8 Å². The van der Waals surface area contributed by atoms with Gasteiger partial charge in [0.2, 0.25) is 17.7 Å². The Kier molecular flexibility index (Phi) is 8.19. The van der Waals surface area contributed by atoms with Crippen LogP contribution in [0.3, 0.4) is 0 Å². The van der Waals surface area contributed by atoms with Crippen LogP contribution in [0.5, 0.6) is 0 Å². The smallest absolute Gasteiger partial charge is 0.326 e. The monoisotopic (exact) mass is 505 g/mol. The quantitative estimate of drug-likeness (QED) is 0.276. The van der Waals surface area contributed by atoms with Gasteiger partial charge in [-0.1, -0.05) is 48.5 Å². The van der Waals surface area contributed by atoms with Gasteiger partial charge in [0, 0.05) is 36.5 Å². The third kappa shape index (κ3) is 6.15. The molecule has 1 fully saturated rings. The van der Waals surface area contributed by atoms with Gasteiger partial charge in [-0.05, 0) is 30.0 Å². The number of nitrogens with one attached hydrogen (secondary N) is 3. The number of hydrogen-bond acceptors (Lipinski definition) is 5. The molecule has 3 unspecified atom stereocenters. The van der Waals surface area contributed by atoms with Gasteiger partial charge in [0.15, 0.2) is 0 Å². The van der Waals surface area contributed by atoms with Crippen molar-refractivity contribution in [2.75, 3.05) is 13.1 Å². The topological polar surface area (TPSA) is 158 Å². The third-order valence-corrected chi connectivity index (χ3v) is 6.65. The van der Waals surface area contributed by atoms with Crippen molar-refractivity contribution < 1.29 is 24.3 Å². The number of amides is 3. The Bertz CT molecular complexity index is 1270. The van der Waals surface area contributed by atoms with Gasteiger partial charge in [-0.15, -0.1) is 0 Å². The first kappa shape index (κ1) is 25.9. The summed E-state index contributed by atoms with van der Waals surface area (Å²) in [6, 6.07) is 13.9. The van der Waals surface area contributed by atoms with Crippen molar-refractivity contribution in [3.63, 3.8) is 0 Å². The molecule has 2 heterocycles.